The summed E-state index contributed by atoms with van der Waals surface area (Å²) in [5.74, 6) is 0.0428. The number of para-hydroxylation sites is 1. The van der Waals surface area contributed by atoms with Gasteiger partial charge in [-0.1, -0.05) is 24.3 Å². The summed E-state index contributed by atoms with van der Waals surface area (Å²) in [6.07, 6.45) is 3.33. The molecule has 182 valence electrons. The van der Waals surface area contributed by atoms with Crippen LogP contribution in [-0.2, 0) is 9.53 Å². The SMILES string of the molecule is Cc1cc(C=CC(=O)c2cc3ccccc3nc2N2CCOCC2)cc(C)c1OC(C)(C)C(=O)O. The van der Waals surface area contributed by atoms with Gasteiger partial charge >= 0.3 is 5.97 Å². The Morgan fingerprint density at radius 2 is 1.74 bits per heavy atom. The van der Waals surface area contributed by atoms with Gasteiger partial charge in [-0.3, -0.25) is 4.79 Å². The Morgan fingerprint density at radius 3 is 2.40 bits per heavy atom. The van der Waals surface area contributed by atoms with Crippen molar-refractivity contribution < 1.29 is 24.2 Å². The molecule has 0 atom stereocenters. The maximum Gasteiger partial charge on any atom is 0.347 e. The zero-order chi connectivity index (χ0) is 25.2. The molecule has 0 unspecified atom stereocenters. The van der Waals surface area contributed by atoms with Gasteiger partial charge in [0.2, 0.25) is 0 Å². The van der Waals surface area contributed by atoms with Crippen LogP contribution in [-0.4, -0.2) is 53.7 Å². The second kappa shape index (κ2) is 9.88. The molecule has 35 heavy (non-hydrogen) atoms. The van der Waals surface area contributed by atoms with Crippen LogP contribution in [0.2, 0.25) is 0 Å². The first-order valence-corrected chi connectivity index (χ1v) is 11.6. The number of carboxylic acid groups (broad SMARTS) is 1. The van der Waals surface area contributed by atoms with Crippen LogP contribution >= 0.6 is 0 Å². The molecule has 1 N–H and O–H groups in total. The van der Waals surface area contributed by atoms with Crippen molar-refractivity contribution in [2.24, 2.45) is 0 Å². The van der Waals surface area contributed by atoms with Gasteiger partial charge in [0.15, 0.2) is 11.4 Å². The van der Waals surface area contributed by atoms with Crippen LogP contribution in [0.1, 0.15) is 40.9 Å². The largest absolute Gasteiger partial charge is 0.478 e. The maximum atomic E-state index is 13.3. The monoisotopic (exact) mass is 474 g/mol. The molecule has 1 fully saturated rings. The number of aromatic nitrogens is 1. The fourth-order valence-corrected chi connectivity index (χ4v) is 4.10. The van der Waals surface area contributed by atoms with E-state index in [4.69, 9.17) is 14.5 Å². The van der Waals surface area contributed by atoms with Crippen molar-refractivity contribution in [3.63, 3.8) is 0 Å². The van der Waals surface area contributed by atoms with Crippen molar-refractivity contribution >= 4 is 34.5 Å². The Balaban J connectivity index is 1.64. The van der Waals surface area contributed by atoms with Gasteiger partial charge in [0, 0.05) is 18.5 Å². The first-order valence-electron chi connectivity index (χ1n) is 11.6. The Kier molecular flexibility index (Phi) is 6.89. The predicted octanol–water partition coefficient (Wildman–Crippen LogP) is 4.83. The molecule has 0 spiro atoms. The fraction of sp³-hybridized carbons (Fsp3) is 0.321. The maximum absolute atomic E-state index is 13.3. The van der Waals surface area contributed by atoms with Gasteiger partial charge < -0.3 is 19.5 Å². The lowest BCUT2D eigenvalue weighted by atomic mass is 10.0. The van der Waals surface area contributed by atoms with Crippen molar-refractivity contribution in [2.45, 2.75) is 33.3 Å². The summed E-state index contributed by atoms with van der Waals surface area (Å²) in [6.45, 7) is 9.33. The normalized spacial score (nSPS) is 14.5. The number of ether oxygens (including phenoxy) is 2. The number of fused-ring (bicyclic) bond motifs is 1. The number of aliphatic carboxylic acids is 1. The van der Waals surface area contributed by atoms with Crippen LogP contribution in [0.3, 0.4) is 0 Å². The van der Waals surface area contributed by atoms with E-state index in [0.717, 1.165) is 27.6 Å². The second-order valence-corrected chi connectivity index (χ2v) is 9.25. The molecule has 0 bridgehead atoms. The van der Waals surface area contributed by atoms with E-state index in [-0.39, 0.29) is 5.78 Å². The van der Waals surface area contributed by atoms with Gasteiger partial charge in [0.05, 0.1) is 24.3 Å². The lowest BCUT2D eigenvalue weighted by molar-refractivity contribution is -0.152. The van der Waals surface area contributed by atoms with E-state index in [1.165, 1.54) is 13.8 Å². The molecule has 1 aliphatic rings. The van der Waals surface area contributed by atoms with Crippen molar-refractivity contribution in [1.29, 1.82) is 0 Å². The average Bonchev–Trinajstić information content (AvgIpc) is 2.84. The number of nitrogens with zero attached hydrogens (tertiary/aromatic N) is 2. The summed E-state index contributed by atoms with van der Waals surface area (Å²) in [6, 6.07) is 13.4. The van der Waals surface area contributed by atoms with Gasteiger partial charge in [-0.05, 0) is 74.7 Å². The number of hydrogen-bond acceptors (Lipinski definition) is 6. The Morgan fingerprint density at radius 1 is 1.09 bits per heavy atom. The minimum absolute atomic E-state index is 0.132. The average molecular weight is 475 g/mol. The zero-order valence-corrected chi connectivity index (χ0v) is 20.5. The Bertz CT molecular complexity index is 1280. The number of carboxylic acids is 1. The molecule has 7 nitrogen and oxygen atoms in total. The minimum Gasteiger partial charge on any atom is -0.478 e. The van der Waals surface area contributed by atoms with Crippen molar-refractivity contribution in [2.75, 3.05) is 31.2 Å². The van der Waals surface area contributed by atoms with E-state index < -0.39 is 11.6 Å². The molecular formula is C28H30N2O5. The number of aryl methyl sites for hydroxylation is 2. The van der Waals surface area contributed by atoms with E-state index in [1.807, 2.05) is 56.3 Å². The van der Waals surface area contributed by atoms with Crippen LogP contribution in [0.15, 0.2) is 48.5 Å². The minimum atomic E-state index is -1.35. The summed E-state index contributed by atoms with van der Waals surface area (Å²) in [4.78, 5) is 31.7. The third kappa shape index (κ3) is 5.35. The summed E-state index contributed by atoms with van der Waals surface area (Å²) >= 11 is 0. The quantitative estimate of drug-likeness (QED) is 0.388. The highest BCUT2D eigenvalue weighted by atomic mass is 16.5. The van der Waals surface area contributed by atoms with E-state index >= 15 is 0 Å². The number of carbonyl (C=O) groups is 2. The highest BCUT2D eigenvalue weighted by Gasteiger charge is 2.30. The Labute approximate surface area is 205 Å². The predicted molar refractivity (Wildman–Crippen MR) is 136 cm³/mol. The van der Waals surface area contributed by atoms with E-state index in [0.29, 0.717) is 43.4 Å². The van der Waals surface area contributed by atoms with Crippen LogP contribution < -0.4 is 9.64 Å². The van der Waals surface area contributed by atoms with Crippen LogP contribution in [0.25, 0.3) is 17.0 Å². The van der Waals surface area contributed by atoms with Gasteiger partial charge in [0.1, 0.15) is 11.6 Å². The third-order valence-corrected chi connectivity index (χ3v) is 6.06. The number of morpholine rings is 1. The summed E-state index contributed by atoms with van der Waals surface area (Å²) in [5, 5.41) is 10.3. The van der Waals surface area contributed by atoms with Crippen molar-refractivity contribution in [3.05, 3.63) is 70.8 Å². The topological polar surface area (TPSA) is 89.0 Å². The molecule has 0 amide bonds. The molecule has 3 aromatic rings. The second-order valence-electron chi connectivity index (χ2n) is 9.25. The number of ketones is 1. The molecule has 1 saturated heterocycles. The van der Waals surface area contributed by atoms with Crippen LogP contribution in [0.4, 0.5) is 5.82 Å². The first kappa shape index (κ1) is 24.4. The van der Waals surface area contributed by atoms with Crippen molar-refractivity contribution in [3.8, 4) is 5.75 Å². The molecule has 7 heteroatoms. The molecule has 0 radical (unpaired) electrons. The highest BCUT2D eigenvalue weighted by Crippen LogP contribution is 2.30. The number of rotatable bonds is 7. The molecule has 2 heterocycles. The molecule has 0 aliphatic carbocycles. The molecule has 4 rings (SSSR count). The number of anilines is 1. The van der Waals surface area contributed by atoms with E-state index in [1.54, 1.807) is 12.2 Å². The lowest BCUT2D eigenvalue weighted by Crippen LogP contribution is -2.38. The van der Waals surface area contributed by atoms with Gasteiger partial charge in [-0.2, -0.15) is 0 Å². The summed E-state index contributed by atoms with van der Waals surface area (Å²) in [7, 11) is 0. The molecule has 0 saturated carbocycles. The third-order valence-electron chi connectivity index (χ3n) is 6.06. The first-order chi connectivity index (χ1) is 16.7. The zero-order valence-electron chi connectivity index (χ0n) is 20.5. The smallest absolute Gasteiger partial charge is 0.347 e. The van der Waals surface area contributed by atoms with Crippen LogP contribution in [0.5, 0.6) is 5.75 Å². The highest BCUT2D eigenvalue weighted by molar-refractivity contribution is 6.11. The van der Waals surface area contributed by atoms with E-state index in [2.05, 4.69) is 4.90 Å². The molecule has 1 aliphatic heterocycles. The molecule has 2 aromatic carbocycles. The number of benzene rings is 2. The summed E-state index contributed by atoms with van der Waals surface area (Å²) in [5.41, 5.74) is 2.48. The van der Waals surface area contributed by atoms with Gasteiger partial charge in [-0.25, -0.2) is 9.78 Å². The molecular weight excluding hydrogens is 444 g/mol. The molecule has 1 aromatic heterocycles. The van der Waals surface area contributed by atoms with Crippen LogP contribution in [0, 0.1) is 13.8 Å². The summed E-state index contributed by atoms with van der Waals surface area (Å²) < 4.78 is 11.3. The standard InChI is InChI=1S/C28H30N2O5/c1-18-15-20(16-19(2)25(18)35-28(3,4)27(32)33)9-10-24(31)22-17-21-7-5-6-8-23(21)29-26(22)30-11-13-34-14-12-30/h5-10,15-17H,11-14H2,1-4H3,(H,32,33). The van der Waals surface area contributed by atoms with Crippen molar-refractivity contribution in [1.82, 2.24) is 4.98 Å². The van der Waals surface area contributed by atoms with E-state index in [9.17, 15) is 14.7 Å². The fourth-order valence-electron chi connectivity index (χ4n) is 4.10. The number of hydrogen-bond donors (Lipinski definition) is 1. The van der Waals surface area contributed by atoms with Gasteiger partial charge in [-0.15, -0.1) is 0 Å². The Hall–Kier alpha value is -3.71. The number of pyridine rings is 1. The number of carbonyl (C=O) groups excluding carboxylic acids is 1. The lowest BCUT2D eigenvalue weighted by Gasteiger charge is -2.29. The number of allylic oxidation sites excluding steroid dienone is 1. The van der Waals surface area contributed by atoms with Gasteiger partial charge in [0.25, 0.3) is 0 Å².